The summed E-state index contributed by atoms with van der Waals surface area (Å²) in [5, 5.41) is 11.1. The van der Waals surface area contributed by atoms with Crippen LogP contribution in [0.15, 0.2) is 53.4 Å². The Morgan fingerprint density at radius 2 is 1.88 bits per heavy atom. The molecule has 1 atom stereocenters. The number of nitro groups is 1. The zero-order valence-electron chi connectivity index (χ0n) is 14.7. The first kappa shape index (κ1) is 18.5. The molecule has 0 N–H and O–H groups in total. The summed E-state index contributed by atoms with van der Waals surface area (Å²) in [6, 6.07) is 13.7. The second-order valence-electron chi connectivity index (χ2n) is 6.66. The van der Waals surface area contributed by atoms with Gasteiger partial charge in [0.05, 0.1) is 9.82 Å². The van der Waals surface area contributed by atoms with Crippen LogP contribution < -0.4 is 0 Å². The topological polar surface area (TPSA) is 80.5 Å². The number of piperidine rings is 1. The fourth-order valence-corrected chi connectivity index (χ4v) is 5.43. The summed E-state index contributed by atoms with van der Waals surface area (Å²) in [5.74, 6) is 0. The molecule has 1 heterocycles. The van der Waals surface area contributed by atoms with Gasteiger partial charge in [0.25, 0.3) is 5.69 Å². The average molecular weight is 374 g/mol. The maximum Gasteiger partial charge on any atom is 0.270 e. The molecular formula is C19H22N2O4S. The minimum atomic E-state index is -3.79. The van der Waals surface area contributed by atoms with Crippen LogP contribution in [0.2, 0.25) is 0 Å². The fourth-order valence-electron chi connectivity index (χ4n) is 3.49. The molecule has 0 bridgehead atoms. The Balaban J connectivity index is 1.96. The Hall–Kier alpha value is -2.25. The molecule has 0 saturated carbocycles. The molecule has 2 aromatic rings. The highest BCUT2D eigenvalue weighted by molar-refractivity contribution is 7.89. The summed E-state index contributed by atoms with van der Waals surface area (Å²) in [7, 11) is -3.79. The third-order valence-corrected chi connectivity index (χ3v) is 6.95. The van der Waals surface area contributed by atoms with Crippen LogP contribution in [-0.4, -0.2) is 30.2 Å². The first-order chi connectivity index (χ1) is 12.4. The number of non-ortho nitro benzene ring substituents is 1. The van der Waals surface area contributed by atoms with E-state index in [9.17, 15) is 18.5 Å². The van der Waals surface area contributed by atoms with Crippen molar-refractivity contribution in [3.8, 4) is 0 Å². The van der Waals surface area contributed by atoms with Crippen LogP contribution in [0.4, 0.5) is 5.69 Å². The van der Waals surface area contributed by atoms with Crippen LogP contribution in [0.1, 0.15) is 30.4 Å². The number of benzene rings is 2. The van der Waals surface area contributed by atoms with Crippen LogP contribution in [0.5, 0.6) is 0 Å². The van der Waals surface area contributed by atoms with Crippen molar-refractivity contribution in [1.82, 2.24) is 4.31 Å². The van der Waals surface area contributed by atoms with E-state index in [2.05, 4.69) is 0 Å². The highest BCUT2D eigenvalue weighted by Crippen LogP contribution is 2.30. The maximum absolute atomic E-state index is 13.3. The summed E-state index contributed by atoms with van der Waals surface area (Å²) >= 11 is 0. The molecule has 0 amide bonds. The SMILES string of the molecule is Cc1ccc([N+](=O)[O-])cc1S(=O)(=O)N1CCCCC1Cc1ccccc1. The summed E-state index contributed by atoms with van der Waals surface area (Å²) < 4.78 is 28.1. The zero-order valence-corrected chi connectivity index (χ0v) is 15.5. The first-order valence-corrected chi connectivity index (χ1v) is 10.1. The van der Waals surface area contributed by atoms with E-state index >= 15 is 0 Å². The van der Waals surface area contributed by atoms with Gasteiger partial charge in [-0.05, 0) is 37.3 Å². The zero-order chi connectivity index (χ0) is 18.7. The lowest BCUT2D eigenvalue weighted by atomic mass is 9.98. The molecule has 1 aliphatic heterocycles. The van der Waals surface area contributed by atoms with Crippen molar-refractivity contribution in [2.24, 2.45) is 0 Å². The standard InChI is InChI=1S/C19H22N2O4S/c1-15-10-11-18(21(22)23)14-19(15)26(24,25)20-12-6-5-9-17(20)13-16-7-3-2-4-8-16/h2-4,7-8,10-11,14,17H,5-6,9,12-13H2,1H3. The van der Waals surface area contributed by atoms with E-state index in [-0.39, 0.29) is 16.6 Å². The molecule has 1 aliphatic rings. The van der Waals surface area contributed by atoms with Crippen molar-refractivity contribution < 1.29 is 13.3 Å². The van der Waals surface area contributed by atoms with E-state index in [1.165, 1.54) is 22.5 Å². The van der Waals surface area contributed by atoms with Crippen molar-refractivity contribution in [3.05, 3.63) is 69.8 Å². The Kier molecular flexibility index (Phi) is 5.38. The van der Waals surface area contributed by atoms with E-state index in [4.69, 9.17) is 0 Å². The number of nitro benzene ring substituents is 1. The number of hydrogen-bond acceptors (Lipinski definition) is 4. The molecule has 138 valence electrons. The van der Waals surface area contributed by atoms with Crippen molar-refractivity contribution in [2.45, 2.75) is 43.5 Å². The van der Waals surface area contributed by atoms with Crippen LogP contribution in [0, 0.1) is 17.0 Å². The molecule has 1 unspecified atom stereocenters. The summed E-state index contributed by atoms with van der Waals surface area (Å²) in [6.07, 6.45) is 3.23. The minimum Gasteiger partial charge on any atom is -0.258 e. The number of aryl methyl sites for hydroxylation is 1. The highest BCUT2D eigenvalue weighted by Gasteiger charge is 2.35. The second kappa shape index (κ2) is 7.55. The van der Waals surface area contributed by atoms with Crippen LogP contribution >= 0.6 is 0 Å². The Morgan fingerprint density at radius 1 is 1.15 bits per heavy atom. The molecule has 2 aromatic carbocycles. The molecular weight excluding hydrogens is 352 g/mol. The first-order valence-electron chi connectivity index (χ1n) is 8.70. The summed E-state index contributed by atoms with van der Waals surface area (Å²) in [5.41, 5.74) is 1.42. The minimum absolute atomic E-state index is 0.0339. The summed E-state index contributed by atoms with van der Waals surface area (Å²) in [4.78, 5) is 10.5. The van der Waals surface area contributed by atoms with Crippen molar-refractivity contribution in [2.75, 3.05) is 6.54 Å². The third kappa shape index (κ3) is 3.78. The molecule has 0 aliphatic carbocycles. The van der Waals surface area contributed by atoms with Gasteiger partial charge in [-0.2, -0.15) is 4.31 Å². The van der Waals surface area contributed by atoms with Gasteiger partial charge in [0.1, 0.15) is 0 Å². The van der Waals surface area contributed by atoms with Gasteiger partial charge in [0.15, 0.2) is 0 Å². The van der Waals surface area contributed by atoms with Crippen molar-refractivity contribution in [3.63, 3.8) is 0 Å². The molecule has 6 nitrogen and oxygen atoms in total. The molecule has 7 heteroatoms. The summed E-state index contributed by atoms with van der Waals surface area (Å²) in [6.45, 7) is 2.12. The van der Waals surface area contributed by atoms with Gasteiger partial charge in [-0.25, -0.2) is 8.42 Å². The Morgan fingerprint density at radius 3 is 2.58 bits per heavy atom. The van der Waals surface area contributed by atoms with Crippen LogP contribution in [0.25, 0.3) is 0 Å². The van der Waals surface area contributed by atoms with Gasteiger partial charge < -0.3 is 0 Å². The maximum atomic E-state index is 13.3. The van der Waals surface area contributed by atoms with E-state index in [0.29, 0.717) is 18.5 Å². The number of sulfonamides is 1. The van der Waals surface area contributed by atoms with Gasteiger partial charge in [-0.3, -0.25) is 10.1 Å². The highest BCUT2D eigenvalue weighted by atomic mass is 32.2. The lowest BCUT2D eigenvalue weighted by Gasteiger charge is -2.35. The monoisotopic (exact) mass is 374 g/mol. The average Bonchev–Trinajstić information content (AvgIpc) is 2.63. The molecule has 0 aromatic heterocycles. The predicted molar refractivity (Wildman–Crippen MR) is 99.5 cm³/mol. The predicted octanol–water partition coefficient (Wildman–Crippen LogP) is 3.69. The van der Waals surface area contributed by atoms with Crippen molar-refractivity contribution in [1.29, 1.82) is 0 Å². The molecule has 26 heavy (non-hydrogen) atoms. The largest absolute Gasteiger partial charge is 0.270 e. The van der Waals surface area contributed by atoms with Gasteiger partial charge >= 0.3 is 0 Å². The molecule has 3 rings (SSSR count). The van der Waals surface area contributed by atoms with Gasteiger partial charge in [0.2, 0.25) is 10.0 Å². The Bertz CT molecular complexity index is 897. The molecule has 0 radical (unpaired) electrons. The van der Waals surface area contributed by atoms with Gasteiger partial charge in [0, 0.05) is 24.7 Å². The molecule has 1 saturated heterocycles. The number of rotatable bonds is 5. The molecule has 1 fully saturated rings. The molecule has 0 spiro atoms. The smallest absolute Gasteiger partial charge is 0.258 e. The van der Waals surface area contributed by atoms with Gasteiger partial charge in [-0.15, -0.1) is 0 Å². The number of nitrogens with zero attached hydrogens (tertiary/aromatic N) is 2. The number of hydrogen-bond donors (Lipinski definition) is 0. The van der Waals surface area contributed by atoms with E-state index in [0.717, 1.165) is 24.8 Å². The second-order valence-corrected chi connectivity index (χ2v) is 8.52. The van der Waals surface area contributed by atoms with Gasteiger partial charge in [-0.1, -0.05) is 42.8 Å². The van der Waals surface area contributed by atoms with E-state index in [1.807, 2.05) is 30.3 Å². The lowest BCUT2D eigenvalue weighted by molar-refractivity contribution is -0.385. The Labute approximate surface area is 153 Å². The quantitative estimate of drug-likeness (QED) is 0.590. The van der Waals surface area contributed by atoms with E-state index < -0.39 is 14.9 Å². The van der Waals surface area contributed by atoms with Crippen LogP contribution in [-0.2, 0) is 16.4 Å². The third-order valence-electron chi connectivity index (χ3n) is 4.86. The lowest BCUT2D eigenvalue weighted by Crippen LogP contribution is -2.44. The normalized spacial score (nSPS) is 18.6. The van der Waals surface area contributed by atoms with Crippen LogP contribution in [0.3, 0.4) is 0 Å². The van der Waals surface area contributed by atoms with E-state index in [1.54, 1.807) is 6.92 Å². The fraction of sp³-hybridized carbons (Fsp3) is 0.368. The van der Waals surface area contributed by atoms with Crippen molar-refractivity contribution >= 4 is 15.7 Å².